The number of hydrogen-bond acceptors (Lipinski definition) is 3. The number of aliphatic carboxylic acids is 1. The van der Waals surface area contributed by atoms with Crippen LogP contribution in [0.2, 0.25) is 0 Å². The van der Waals surface area contributed by atoms with Crippen molar-refractivity contribution in [3.63, 3.8) is 0 Å². The van der Waals surface area contributed by atoms with E-state index >= 15 is 0 Å². The molecule has 3 N–H and O–H groups in total. The van der Waals surface area contributed by atoms with E-state index in [0.717, 1.165) is 0 Å². The third-order valence-electron chi connectivity index (χ3n) is 3.74. The molecule has 1 atom stereocenters. The molecule has 1 rings (SSSR count). The Balaban J connectivity index is 2.52. The normalized spacial score (nSPS) is 20.8. The molecule has 1 heterocycles. The van der Waals surface area contributed by atoms with Crippen LogP contribution in [0.4, 0.5) is 0 Å². The number of rotatable bonds is 4. The van der Waals surface area contributed by atoms with Gasteiger partial charge in [0.05, 0.1) is 11.5 Å². The highest BCUT2D eigenvalue weighted by Gasteiger charge is 2.38. The van der Waals surface area contributed by atoms with Gasteiger partial charge in [0.2, 0.25) is 5.91 Å². The van der Waals surface area contributed by atoms with Gasteiger partial charge < -0.3 is 15.7 Å². The van der Waals surface area contributed by atoms with Crippen LogP contribution in [-0.2, 0) is 9.59 Å². The first-order chi connectivity index (χ1) is 8.26. The van der Waals surface area contributed by atoms with Crippen molar-refractivity contribution in [3.05, 3.63) is 0 Å². The first-order valence-electron chi connectivity index (χ1n) is 6.54. The smallest absolute Gasteiger partial charge is 0.309 e. The second-order valence-corrected chi connectivity index (χ2v) is 5.93. The lowest BCUT2D eigenvalue weighted by Crippen LogP contribution is -2.50. The molecule has 1 amide bonds. The quantitative estimate of drug-likeness (QED) is 0.788. The summed E-state index contributed by atoms with van der Waals surface area (Å²) in [6.07, 6.45) is 1.68. The van der Waals surface area contributed by atoms with Crippen molar-refractivity contribution in [3.8, 4) is 0 Å². The van der Waals surface area contributed by atoms with Crippen molar-refractivity contribution in [2.24, 2.45) is 17.1 Å². The predicted octanol–water partition coefficient (Wildman–Crippen LogP) is 1.07. The molecule has 0 bridgehead atoms. The summed E-state index contributed by atoms with van der Waals surface area (Å²) in [4.78, 5) is 24.9. The number of carboxylic acid groups (broad SMARTS) is 1. The van der Waals surface area contributed by atoms with Crippen LogP contribution in [0.3, 0.4) is 0 Å². The Hall–Kier alpha value is -1.10. The molecular weight excluding hydrogens is 232 g/mol. The molecule has 0 saturated carbocycles. The molecule has 5 heteroatoms. The lowest BCUT2D eigenvalue weighted by molar-refractivity contribution is -0.153. The minimum Gasteiger partial charge on any atom is -0.481 e. The van der Waals surface area contributed by atoms with E-state index in [2.05, 4.69) is 0 Å². The number of carbonyl (C=O) groups excluding carboxylic acids is 1. The van der Waals surface area contributed by atoms with Gasteiger partial charge in [-0.05, 0) is 32.1 Å². The number of nitrogens with two attached hydrogens (primary N) is 1. The first-order valence-corrected chi connectivity index (χ1v) is 6.54. The number of hydrogen-bond donors (Lipinski definition) is 2. The third kappa shape index (κ3) is 3.45. The minimum absolute atomic E-state index is 0.0452. The molecule has 0 aliphatic carbocycles. The third-order valence-corrected chi connectivity index (χ3v) is 3.74. The largest absolute Gasteiger partial charge is 0.481 e. The van der Waals surface area contributed by atoms with Gasteiger partial charge in [-0.1, -0.05) is 13.8 Å². The molecule has 1 unspecified atom stereocenters. The molecule has 0 spiro atoms. The zero-order valence-corrected chi connectivity index (χ0v) is 11.5. The topological polar surface area (TPSA) is 83.6 Å². The van der Waals surface area contributed by atoms with Crippen LogP contribution < -0.4 is 5.73 Å². The summed E-state index contributed by atoms with van der Waals surface area (Å²) in [5.74, 6) is -0.435. The molecule has 1 aliphatic heterocycles. The average Bonchev–Trinajstić information content (AvgIpc) is 2.28. The van der Waals surface area contributed by atoms with E-state index in [4.69, 9.17) is 10.8 Å². The van der Waals surface area contributed by atoms with Crippen molar-refractivity contribution in [2.75, 3.05) is 13.1 Å². The summed E-state index contributed by atoms with van der Waals surface area (Å²) < 4.78 is 0. The highest BCUT2D eigenvalue weighted by atomic mass is 16.4. The van der Waals surface area contributed by atoms with Crippen molar-refractivity contribution < 1.29 is 14.7 Å². The maximum Gasteiger partial charge on any atom is 0.309 e. The Morgan fingerprint density at radius 2 is 1.83 bits per heavy atom. The SMILES string of the molecule is CC(C)CC(N)C(=O)N1CCC(C)(C(=O)O)CC1. The minimum atomic E-state index is -0.777. The van der Waals surface area contributed by atoms with Gasteiger partial charge in [-0.3, -0.25) is 9.59 Å². The van der Waals surface area contributed by atoms with Gasteiger partial charge in [0.15, 0.2) is 0 Å². The van der Waals surface area contributed by atoms with E-state index in [1.165, 1.54) is 0 Å². The first kappa shape index (κ1) is 15.0. The fourth-order valence-corrected chi connectivity index (χ4v) is 2.28. The van der Waals surface area contributed by atoms with E-state index in [-0.39, 0.29) is 5.91 Å². The molecule has 0 aromatic rings. The van der Waals surface area contributed by atoms with E-state index in [9.17, 15) is 9.59 Å². The summed E-state index contributed by atoms with van der Waals surface area (Å²) in [6.45, 7) is 6.79. The van der Waals surface area contributed by atoms with E-state index in [0.29, 0.717) is 38.3 Å². The number of carbonyl (C=O) groups is 2. The number of piperidine rings is 1. The van der Waals surface area contributed by atoms with E-state index < -0.39 is 17.4 Å². The number of amides is 1. The summed E-state index contributed by atoms with van der Waals surface area (Å²) in [5, 5.41) is 9.12. The van der Waals surface area contributed by atoms with E-state index in [1.807, 2.05) is 13.8 Å². The summed E-state index contributed by atoms with van der Waals surface area (Å²) in [5.41, 5.74) is 5.17. The summed E-state index contributed by atoms with van der Waals surface area (Å²) in [6, 6.07) is -0.459. The summed E-state index contributed by atoms with van der Waals surface area (Å²) in [7, 11) is 0. The van der Waals surface area contributed by atoms with Gasteiger partial charge in [-0.25, -0.2) is 0 Å². The van der Waals surface area contributed by atoms with Crippen LogP contribution in [0.5, 0.6) is 0 Å². The van der Waals surface area contributed by atoms with Crippen molar-refractivity contribution in [1.82, 2.24) is 4.90 Å². The average molecular weight is 256 g/mol. The van der Waals surface area contributed by atoms with Crippen LogP contribution in [0, 0.1) is 11.3 Å². The Morgan fingerprint density at radius 3 is 2.22 bits per heavy atom. The highest BCUT2D eigenvalue weighted by Crippen LogP contribution is 2.31. The van der Waals surface area contributed by atoms with Gasteiger partial charge in [0.1, 0.15) is 0 Å². The zero-order chi connectivity index (χ0) is 13.9. The molecule has 0 aromatic carbocycles. The second-order valence-electron chi connectivity index (χ2n) is 5.93. The Labute approximate surface area is 108 Å². The summed E-state index contributed by atoms with van der Waals surface area (Å²) >= 11 is 0. The lowest BCUT2D eigenvalue weighted by atomic mass is 9.80. The monoisotopic (exact) mass is 256 g/mol. The molecule has 1 fully saturated rings. The molecule has 104 valence electrons. The Kier molecular flexibility index (Phi) is 4.73. The fourth-order valence-electron chi connectivity index (χ4n) is 2.28. The van der Waals surface area contributed by atoms with Gasteiger partial charge in [-0.2, -0.15) is 0 Å². The molecule has 5 nitrogen and oxygen atoms in total. The van der Waals surface area contributed by atoms with Crippen LogP contribution in [-0.4, -0.2) is 41.0 Å². The fraction of sp³-hybridized carbons (Fsp3) is 0.846. The zero-order valence-electron chi connectivity index (χ0n) is 11.5. The standard InChI is InChI=1S/C13H24N2O3/c1-9(2)8-10(14)11(16)15-6-4-13(3,5-7-15)12(17)18/h9-10H,4-8,14H2,1-3H3,(H,17,18). The molecule has 18 heavy (non-hydrogen) atoms. The molecule has 1 aliphatic rings. The van der Waals surface area contributed by atoms with Gasteiger partial charge in [-0.15, -0.1) is 0 Å². The Bertz CT molecular complexity index is 320. The van der Waals surface area contributed by atoms with Crippen LogP contribution >= 0.6 is 0 Å². The van der Waals surface area contributed by atoms with Crippen LogP contribution in [0.25, 0.3) is 0 Å². The van der Waals surface area contributed by atoms with Crippen molar-refractivity contribution in [2.45, 2.75) is 46.1 Å². The van der Waals surface area contributed by atoms with Crippen LogP contribution in [0.15, 0.2) is 0 Å². The Morgan fingerprint density at radius 1 is 1.33 bits per heavy atom. The number of likely N-dealkylation sites (tertiary alicyclic amines) is 1. The molecular formula is C13H24N2O3. The molecule has 0 aromatic heterocycles. The maximum atomic E-state index is 12.1. The van der Waals surface area contributed by atoms with Crippen molar-refractivity contribution >= 4 is 11.9 Å². The van der Waals surface area contributed by atoms with Crippen molar-refractivity contribution in [1.29, 1.82) is 0 Å². The second kappa shape index (κ2) is 5.69. The lowest BCUT2D eigenvalue weighted by Gasteiger charge is -2.37. The van der Waals surface area contributed by atoms with Gasteiger partial charge in [0.25, 0.3) is 0 Å². The molecule has 0 radical (unpaired) electrons. The number of carboxylic acids is 1. The van der Waals surface area contributed by atoms with Gasteiger partial charge >= 0.3 is 5.97 Å². The maximum absolute atomic E-state index is 12.1. The van der Waals surface area contributed by atoms with E-state index in [1.54, 1.807) is 11.8 Å². The van der Waals surface area contributed by atoms with Crippen LogP contribution in [0.1, 0.15) is 40.0 Å². The molecule has 1 saturated heterocycles. The highest BCUT2D eigenvalue weighted by molar-refractivity contribution is 5.82. The van der Waals surface area contributed by atoms with Gasteiger partial charge in [0, 0.05) is 13.1 Å². The number of nitrogens with zero attached hydrogens (tertiary/aromatic N) is 1. The predicted molar refractivity (Wildman–Crippen MR) is 69.0 cm³/mol.